The molecular weight excluding hydrogens is 324 g/mol. The van der Waals surface area contributed by atoms with Crippen molar-refractivity contribution in [3.05, 3.63) is 66.0 Å². The number of rotatable bonds is 6. The van der Waals surface area contributed by atoms with Gasteiger partial charge < -0.3 is 14.6 Å². The second-order valence-corrected chi connectivity index (χ2v) is 6.50. The van der Waals surface area contributed by atoms with Gasteiger partial charge in [-0.2, -0.15) is 0 Å². The molecule has 0 amide bonds. The molecule has 0 saturated carbocycles. The number of hydrogen-bond acceptors (Lipinski definition) is 5. The fourth-order valence-corrected chi connectivity index (χ4v) is 3.10. The lowest BCUT2D eigenvalue weighted by molar-refractivity contribution is 0.345. The van der Waals surface area contributed by atoms with Gasteiger partial charge in [-0.15, -0.1) is 0 Å². The number of aromatic nitrogens is 2. The van der Waals surface area contributed by atoms with Crippen molar-refractivity contribution in [1.82, 2.24) is 14.9 Å². The van der Waals surface area contributed by atoms with Crippen LogP contribution in [0.1, 0.15) is 18.1 Å². The average molecular weight is 346 g/mol. The lowest BCUT2D eigenvalue weighted by Gasteiger charge is -2.14. The fraction of sp³-hybridized carbons (Fsp3) is 0.238. The van der Waals surface area contributed by atoms with Crippen LogP contribution in [0.3, 0.4) is 0 Å². The number of benzene rings is 2. The maximum absolute atomic E-state index is 5.97. The molecule has 0 bridgehead atoms. The van der Waals surface area contributed by atoms with Crippen molar-refractivity contribution in [3.8, 4) is 0 Å². The van der Waals surface area contributed by atoms with Crippen molar-refractivity contribution >= 4 is 27.9 Å². The third kappa shape index (κ3) is 3.26. The molecule has 5 heteroatoms. The molecule has 0 unspecified atom stereocenters. The monoisotopic (exact) mass is 346 g/mol. The standard InChI is InChI=1S/C21H22N4O/c1-3-25(2)13-16-8-6-7-15(11-16)12-22-21-20-19(23-14-24-21)17-9-4-5-10-18(17)26-20/h4-11,14H,3,12-13H2,1-2H3,(H,22,23,24). The van der Waals surface area contributed by atoms with Crippen molar-refractivity contribution in [2.24, 2.45) is 0 Å². The summed E-state index contributed by atoms with van der Waals surface area (Å²) in [7, 11) is 2.13. The zero-order chi connectivity index (χ0) is 17.9. The van der Waals surface area contributed by atoms with E-state index in [1.165, 1.54) is 11.1 Å². The summed E-state index contributed by atoms with van der Waals surface area (Å²) in [5, 5.41) is 4.41. The molecule has 132 valence electrons. The highest BCUT2D eigenvalue weighted by molar-refractivity contribution is 6.05. The maximum atomic E-state index is 5.97. The van der Waals surface area contributed by atoms with E-state index in [-0.39, 0.29) is 0 Å². The van der Waals surface area contributed by atoms with Gasteiger partial charge in [0.05, 0.1) is 0 Å². The van der Waals surface area contributed by atoms with E-state index in [9.17, 15) is 0 Å². The summed E-state index contributed by atoms with van der Waals surface area (Å²) in [4.78, 5) is 11.1. The largest absolute Gasteiger partial charge is 0.450 e. The van der Waals surface area contributed by atoms with Gasteiger partial charge in [-0.3, -0.25) is 0 Å². The summed E-state index contributed by atoms with van der Waals surface area (Å²) in [5.41, 5.74) is 4.91. The van der Waals surface area contributed by atoms with Gasteiger partial charge in [-0.05, 0) is 36.9 Å². The Bertz CT molecular complexity index is 1040. The highest BCUT2D eigenvalue weighted by Gasteiger charge is 2.12. The summed E-state index contributed by atoms with van der Waals surface area (Å²) in [5.74, 6) is 0.724. The van der Waals surface area contributed by atoms with Gasteiger partial charge in [0.25, 0.3) is 0 Å². The van der Waals surface area contributed by atoms with Gasteiger partial charge in [0.1, 0.15) is 17.4 Å². The predicted molar refractivity (Wildman–Crippen MR) is 105 cm³/mol. The van der Waals surface area contributed by atoms with E-state index in [4.69, 9.17) is 4.42 Å². The third-order valence-corrected chi connectivity index (χ3v) is 4.60. The first-order valence-electron chi connectivity index (χ1n) is 8.87. The van der Waals surface area contributed by atoms with Crippen LogP contribution in [0.4, 0.5) is 5.82 Å². The van der Waals surface area contributed by atoms with Crippen LogP contribution in [0, 0.1) is 0 Å². The molecule has 1 N–H and O–H groups in total. The Morgan fingerprint density at radius 1 is 1.04 bits per heavy atom. The Kier molecular flexibility index (Phi) is 4.54. The van der Waals surface area contributed by atoms with E-state index < -0.39 is 0 Å². The topological polar surface area (TPSA) is 54.2 Å². The Labute approximate surface area is 152 Å². The minimum absolute atomic E-state index is 0.687. The molecule has 0 fully saturated rings. The molecule has 0 radical (unpaired) electrons. The van der Waals surface area contributed by atoms with Crippen LogP contribution in [-0.4, -0.2) is 28.5 Å². The van der Waals surface area contributed by atoms with Crippen molar-refractivity contribution in [2.75, 3.05) is 18.9 Å². The van der Waals surface area contributed by atoms with E-state index in [1.54, 1.807) is 6.33 Å². The lowest BCUT2D eigenvalue weighted by atomic mass is 10.1. The summed E-state index contributed by atoms with van der Waals surface area (Å²) >= 11 is 0. The summed E-state index contributed by atoms with van der Waals surface area (Å²) in [6.07, 6.45) is 1.58. The molecule has 2 heterocycles. The molecule has 0 aliphatic carbocycles. The number of nitrogens with zero attached hydrogens (tertiary/aromatic N) is 3. The van der Waals surface area contributed by atoms with Crippen molar-refractivity contribution < 1.29 is 4.42 Å². The van der Waals surface area contributed by atoms with E-state index in [2.05, 4.69) is 58.4 Å². The molecule has 0 aliphatic rings. The third-order valence-electron chi connectivity index (χ3n) is 4.60. The molecule has 0 atom stereocenters. The Hall–Kier alpha value is -2.92. The molecule has 4 rings (SSSR count). The maximum Gasteiger partial charge on any atom is 0.196 e. The van der Waals surface area contributed by atoms with Gasteiger partial charge in [-0.25, -0.2) is 9.97 Å². The van der Waals surface area contributed by atoms with E-state index in [1.807, 2.05) is 24.3 Å². The van der Waals surface area contributed by atoms with Crippen LogP contribution >= 0.6 is 0 Å². The number of para-hydroxylation sites is 1. The van der Waals surface area contributed by atoms with Crippen molar-refractivity contribution in [1.29, 1.82) is 0 Å². The fourth-order valence-electron chi connectivity index (χ4n) is 3.10. The molecular formula is C21H22N4O. The van der Waals surface area contributed by atoms with Crippen LogP contribution in [0.25, 0.3) is 22.1 Å². The quantitative estimate of drug-likeness (QED) is 0.559. The SMILES string of the molecule is CCN(C)Cc1cccc(CNc2ncnc3c2oc2ccccc23)c1. The van der Waals surface area contributed by atoms with Crippen LogP contribution in [0.15, 0.2) is 59.3 Å². The second-order valence-electron chi connectivity index (χ2n) is 6.50. The minimum atomic E-state index is 0.687. The van der Waals surface area contributed by atoms with Gasteiger partial charge in [0.15, 0.2) is 11.4 Å². The highest BCUT2D eigenvalue weighted by Crippen LogP contribution is 2.30. The zero-order valence-corrected chi connectivity index (χ0v) is 15.1. The van der Waals surface area contributed by atoms with E-state index in [0.717, 1.165) is 35.4 Å². The van der Waals surface area contributed by atoms with Gasteiger partial charge in [-0.1, -0.05) is 43.3 Å². The average Bonchev–Trinajstić information content (AvgIpc) is 3.06. The molecule has 2 aromatic heterocycles. The first-order chi connectivity index (χ1) is 12.7. The Morgan fingerprint density at radius 3 is 2.77 bits per heavy atom. The lowest BCUT2D eigenvalue weighted by Crippen LogP contribution is -2.16. The van der Waals surface area contributed by atoms with Crippen LogP contribution in [-0.2, 0) is 13.1 Å². The Balaban J connectivity index is 1.58. The molecule has 26 heavy (non-hydrogen) atoms. The second kappa shape index (κ2) is 7.14. The smallest absolute Gasteiger partial charge is 0.196 e. The highest BCUT2D eigenvalue weighted by atomic mass is 16.3. The first-order valence-corrected chi connectivity index (χ1v) is 8.87. The summed E-state index contributed by atoms with van der Waals surface area (Å²) in [6, 6.07) is 16.6. The summed E-state index contributed by atoms with van der Waals surface area (Å²) < 4.78 is 5.97. The molecule has 2 aromatic carbocycles. The van der Waals surface area contributed by atoms with Crippen molar-refractivity contribution in [3.63, 3.8) is 0 Å². The molecule has 0 aliphatic heterocycles. The summed E-state index contributed by atoms with van der Waals surface area (Å²) in [6.45, 7) is 4.84. The number of fused-ring (bicyclic) bond motifs is 3. The predicted octanol–water partition coefficient (Wildman–Crippen LogP) is 4.44. The van der Waals surface area contributed by atoms with Crippen molar-refractivity contribution in [2.45, 2.75) is 20.0 Å². The van der Waals surface area contributed by atoms with Crippen LogP contribution in [0.2, 0.25) is 0 Å². The van der Waals surface area contributed by atoms with Gasteiger partial charge in [0, 0.05) is 18.5 Å². The zero-order valence-electron chi connectivity index (χ0n) is 15.1. The number of anilines is 1. The molecule has 5 nitrogen and oxygen atoms in total. The molecule has 4 aromatic rings. The van der Waals surface area contributed by atoms with Crippen LogP contribution < -0.4 is 5.32 Å². The normalized spacial score (nSPS) is 11.5. The number of furan rings is 1. The minimum Gasteiger partial charge on any atom is -0.450 e. The molecule has 0 saturated heterocycles. The van der Waals surface area contributed by atoms with E-state index in [0.29, 0.717) is 12.1 Å². The van der Waals surface area contributed by atoms with Crippen LogP contribution in [0.5, 0.6) is 0 Å². The van der Waals surface area contributed by atoms with Gasteiger partial charge >= 0.3 is 0 Å². The van der Waals surface area contributed by atoms with E-state index >= 15 is 0 Å². The van der Waals surface area contributed by atoms with Gasteiger partial charge in [0.2, 0.25) is 0 Å². The first kappa shape index (κ1) is 16.5. The number of nitrogens with one attached hydrogen (secondary N) is 1. The Morgan fingerprint density at radius 2 is 1.88 bits per heavy atom. The molecule has 0 spiro atoms. The number of hydrogen-bond donors (Lipinski definition) is 1.